The number of nitrogens with two attached hydrogens (primary N) is 1. The van der Waals surface area contributed by atoms with Crippen molar-refractivity contribution < 1.29 is 9.90 Å². The first-order valence-corrected chi connectivity index (χ1v) is 5.81. The van der Waals surface area contributed by atoms with Crippen LogP contribution in [0.2, 0.25) is 0 Å². The van der Waals surface area contributed by atoms with Crippen molar-refractivity contribution >= 4 is 5.91 Å². The molecule has 5 heteroatoms. The summed E-state index contributed by atoms with van der Waals surface area (Å²) in [5.74, 6) is -0.429. The number of amides is 1. The number of primary amides is 1. The molecule has 0 unspecified atom stereocenters. The smallest absolute Gasteiger partial charge is 0.250 e. The molecule has 5 nitrogen and oxygen atoms in total. The number of rotatable bonds is 8. The van der Waals surface area contributed by atoms with E-state index in [0.29, 0.717) is 5.56 Å². The van der Waals surface area contributed by atoms with Crippen LogP contribution in [0.3, 0.4) is 0 Å². The highest BCUT2D eigenvalue weighted by molar-refractivity contribution is 5.93. The largest absolute Gasteiger partial charge is 0.396 e. The Morgan fingerprint density at radius 3 is 2.88 bits per heavy atom. The van der Waals surface area contributed by atoms with E-state index in [1.807, 2.05) is 0 Å². The summed E-state index contributed by atoms with van der Waals surface area (Å²) in [6.07, 6.45) is 4.05. The number of nitrogens with one attached hydrogen (secondary N) is 1. The molecule has 0 aliphatic carbocycles. The molecule has 0 aromatic carbocycles. The number of aliphatic hydroxyl groups excluding tert-OH is 1. The Morgan fingerprint density at radius 2 is 2.18 bits per heavy atom. The Kier molecular flexibility index (Phi) is 6.21. The lowest BCUT2D eigenvalue weighted by molar-refractivity contribution is 0.0999. The fourth-order valence-corrected chi connectivity index (χ4v) is 1.57. The molecule has 0 atom stereocenters. The van der Waals surface area contributed by atoms with Crippen molar-refractivity contribution in [3.8, 4) is 0 Å². The summed E-state index contributed by atoms with van der Waals surface area (Å²) >= 11 is 0. The molecule has 4 N–H and O–H groups in total. The van der Waals surface area contributed by atoms with Gasteiger partial charge in [-0.1, -0.05) is 0 Å². The molecular formula is C12H19N3O2. The van der Waals surface area contributed by atoms with Crippen LogP contribution in [-0.2, 0) is 6.42 Å². The van der Waals surface area contributed by atoms with Crippen LogP contribution >= 0.6 is 0 Å². The first kappa shape index (κ1) is 13.6. The summed E-state index contributed by atoms with van der Waals surface area (Å²) < 4.78 is 0. The SMILES string of the molecule is NC(=O)c1cccnc1CCCNCCCO. The minimum absolute atomic E-state index is 0.207. The third-order valence-corrected chi connectivity index (χ3v) is 2.43. The van der Waals surface area contributed by atoms with Crippen LogP contribution in [0.25, 0.3) is 0 Å². The maximum atomic E-state index is 11.1. The number of aliphatic hydroxyl groups is 1. The van der Waals surface area contributed by atoms with Crippen LogP contribution < -0.4 is 11.1 Å². The molecular weight excluding hydrogens is 218 g/mol. The zero-order valence-electron chi connectivity index (χ0n) is 9.85. The van der Waals surface area contributed by atoms with Crippen molar-refractivity contribution in [3.63, 3.8) is 0 Å². The Morgan fingerprint density at radius 1 is 1.41 bits per heavy atom. The molecule has 94 valence electrons. The molecule has 1 amide bonds. The third kappa shape index (κ3) is 4.93. The third-order valence-electron chi connectivity index (χ3n) is 2.43. The molecule has 0 radical (unpaired) electrons. The van der Waals surface area contributed by atoms with Crippen molar-refractivity contribution in [3.05, 3.63) is 29.6 Å². The van der Waals surface area contributed by atoms with E-state index in [1.54, 1.807) is 18.3 Å². The number of hydrogen-bond acceptors (Lipinski definition) is 4. The summed E-state index contributed by atoms with van der Waals surface area (Å²) in [6.45, 7) is 1.86. The van der Waals surface area contributed by atoms with E-state index < -0.39 is 5.91 Å². The van der Waals surface area contributed by atoms with Crippen LogP contribution in [0.4, 0.5) is 0 Å². The predicted octanol–water partition coefficient (Wildman–Crippen LogP) is 0.0851. The predicted molar refractivity (Wildman–Crippen MR) is 65.6 cm³/mol. The van der Waals surface area contributed by atoms with Crippen LogP contribution in [0.1, 0.15) is 28.9 Å². The van der Waals surface area contributed by atoms with Crippen molar-refractivity contribution in [2.24, 2.45) is 5.73 Å². The normalized spacial score (nSPS) is 10.4. The first-order chi connectivity index (χ1) is 8.25. The summed E-state index contributed by atoms with van der Waals surface area (Å²) in [4.78, 5) is 15.3. The second-order valence-electron chi connectivity index (χ2n) is 3.79. The zero-order valence-corrected chi connectivity index (χ0v) is 9.85. The van der Waals surface area contributed by atoms with E-state index >= 15 is 0 Å². The summed E-state index contributed by atoms with van der Waals surface area (Å²) in [5, 5.41) is 11.8. The Labute approximate surface area is 101 Å². The molecule has 0 aliphatic heterocycles. The number of carbonyl (C=O) groups is 1. The van der Waals surface area contributed by atoms with Crippen LogP contribution in [-0.4, -0.2) is 35.7 Å². The number of aryl methyl sites for hydroxylation is 1. The maximum absolute atomic E-state index is 11.1. The lowest BCUT2D eigenvalue weighted by atomic mass is 10.1. The topological polar surface area (TPSA) is 88.2 Å². The summed E-state index contributed by atoms with van der Waals surface area (Å²) in [5.41, 5.74) is 6.52. The van der Waals surface area contributed by atoms with Gasteiger partial charge in [-0.3, -0.25) is 9.78 Å². The van der Waals surface area contributed by atoms with E-state index in [1.165, 1.54) is 0 Å². The van der Waals surface area contributed by atoms with Crippen molar-refractivity contribution in [2.75, 3.05) is 19.7 Å². The second kappa shape index (κ2) is 7.76. The lowest BCUT2D eigenvalue weighted by Gasteiger charge is -2.06. The van der Waals surface area contributed by atoms with Gasteiger partial charge in [0.1, 0.15) is 0 Å². The minimum atomic E-state index is -0.429. The van der Waals surface area contributed by atoms with Crippen molar-refractivity contribution in [2.45, 2.75) is 19.3 Å². The van der Waals surface area contributed by atoms with Crippen LogP contribution in [0.15, 0.2) is 18.3 Å². The number of hydrogen-bond donors (Lipinski definition) is 3. The number of pyridine rings is 1. The average molecular weight is 237 g/mol. The highest BCUT2D eigenvalue weighted by Crippen LogP contribution is 2.06. The van der Waals surface area contributed by atoms with Gasteiger partial charge in [0.25, 0.3) is 5.91 Å². The van der Waals surface area contributed by atoms with Gasteiger partial charge in [0.15, 0.2) is 0 Å². The molecule has 0 bridgehead atoms. The molecule has 0 spiro atoms. The van der Waals surface area contributed by atoms with E-state index in [-0.39, 0.29) is 6.61 Å². The van der Waals surface area contributed by atoms with Gasteiger partial charge in [0.2, 0.25) is 0 Å². The average Bonchev–Trinajstić information content (AvgIpc) is 2.34. The molecule has 0 saturated heterocycles. The molecule has 1 aromatic rings. The van der Waals surface area contributed by atoms with E-state index in [9.17, 15) is 4.79 Å². The standard InChI is InChI=1S/C12H19N3O2/c13-12(17)10-4-1-8-15-11(10)5-2-6-14-7-3-9-16/h1,4,8,14,16H,2-3,5-7,9H2,(H2,13,17). The highest BCUT2D eigenvalue weighted by atomic mass is 16.3. The Bertz CT molecular complexity index is 355. The first-order valence-electron chi connectivity index (χ1n) is 5.81. The minimum Gasteiger partial charge on any atom is -0.396 e. The van der Waals surface area contributed by atoms with E-state index in [2.05, 4.69) is 10.3 Å². The van der Waals surface area contributed by atoms with Gasteiger partial charge in [-0.25, -0.2) is 0 Å². The van der Waals surface area contributed by atoms with Gasteiger partial charge in [-0.15, -0.1) is 0 Å². The molecule has 0 aliphatic rings. The van der Waals surface area contributed by atoms with Gasteiger partial charge in [-0.2, -0.15) is 0 Å². The Hall–Kier alpha value is -1.46. The molecule has 0 fully saturated rings. The van der Waals surface area contributed by atoms with Gasteiger partial charge in [0, 0.05) is 12.8 Å². The molecule has 1 heterocycles. The summed E-state index contributed by atoms with van der Waals surface area (Å²) in [6, 6.07) is 3.41. The maximum Gasteiger partial charge on any atom is 0.250 e. The van der Waals surface area contributed by atoms with Gasteiger partial charge in [-0.05, 0) is 44.5 Å². The quantitative estimate of drug-likeness (QED) is 0.559. The van der Waals surface area contributed by atoms with Crippen molar-refractivity contribution in [1.82, 2.24) is 10.3 Å². The number of carbonyl (C=O) groups excluding carboxylic acids is 1. The monoisotopic (exact) mass is 237 g/mol. The number of nitrogens with zero attached hydrogens (tertiary/aromatic N) is 1. The molecule has 17 heavy (non-hydrogen) atoms. The van der Waals surface area contributed by atoms with Gasteiger partial charge < -0.3 is 16.2 Å². The lowest BCUT2D eigenvalue weighted by Crippen LogP contribution is -2.19. The highest BCUT2D eigenvalue weighted by Gasteiger charge is 2.07. The Balaban J connectivity index is 2.34. The van der Waals surface area contributed by atoms with Crippen molar-refractivity contribution in [1.29, 1.82) is 0 Å². The number of aromatic nitrogens is 1. The zero-order chi connectivity index (χ0) is 12.5. The second-order valence-corrected chi connectivity index (χ2v) is 3.79. The fraction of sp³-hybridized carbons (Fsp3) is 0.500. The molecule has 1 rings (SSSR count). The van der Waals surface area contributed by atoms with Crippen LogP contribution in [0.5, 0.6) is 0 Å². The molecule has 0 saturated carbocycles. The summed E-state index contributed by atoms with van der Waals surface area (Å²) in [7, 11) is 0. The van der Waals surface area contributed by atoms with Gasteiger partial charge in [0.05, 0.1) is 11.3 Å². The fourth-order valence-electron chi connectivity index (χ4n) is 1.57. The van der Waals surface area contributed by atoms with Crippen LogP contribution in [0, 0.1) is 0 Å². The molecule has 1 aromatic heterocycles. The van der Waals surface area contributed by atoms with E-state index in [4.69, 9.17) is 10.8 Å². The van der Waals surface area contributed by atoms with E-state index in [0.717, 1.165) is 38.0 Å². The van der Waals surface area contributed by atoms with Gasteiger partial charge >= 0.3 is 0 Å².